The second-order valence-corrected chi connectivity index (χ2v) is 5.49. The van der Waals surface area contributed by atoms with Crippen LogP contribution in [0.4, 0.5) is 15.8 Å². The van der Waals surface area contributed by atoms with Gasteiger partial charge in [0.2, 0.25) is 5.91 Å². The molecule has 0 aliphatic rings. The Morgan fingerprint density at radius 1 is 1.24 bits per heavy atom. The summed E-state index contributed by atoms with van der Waals surface area (Å²) in [6.07, 6.45) is 1.19. The first kappa shape index (κ1) is 17.4. The monoisotopic (exact) mass is 296 g/mol. The molecule has 0 atom stereocenters. The summed E-state index contributed by atoms with van der Waals surface area (Å²) in [7, 11) is 6.11. The normalized spacial score (nSPS) is 11.1. The highest BCUT2D eigenvalue weighted by atomic mass is 19.1. The molecule has 0 saturated heterocycles. The van der Waals surface area contributed by atoms with Crippen molar-refractivity contribution in [2.75, 3.05) is 51.8 Å². The lowest BCUT2D eigenvalue weighted by molar-refractivity contribution is -0.116. The summed E-state index contributed by atoms with van der Waals surface area (Å²) in [5.74, 6) is -0.512. The molecule has 0 saturated carbocycles. The number of nitrogens with one attached hydrogen (secondary N) is 1. The molecule has 0 aliphatic carbocycles. The van der Waals surface area contributed by atoms with Crippen molar-refractivity contribution < 1.29 is 9.18 Å². The molecule has 0 aliphatic heterocycles. The maximum Gasteiger partial charge on any atom is 0.224 e. The number of benzene rings is 1. The van der Waals surface area contributed by atoms with Crippen molar-refractivity contribution in [1.29, 1.82) is 0 Å². The molecule has 5 nitrogen and oxygen atoms in total. The number of carbonyl (C=O) groups is 1. The first-order valence-corrected chi connectivity index (χ1v) is 7.06. The molecule has 0 fully saturated rings. The second kappa shape index (κ2) is 8.59. The van der Waals surface area contributed by atoms with E-state index in [1.807, 2.05) is 21.1 Å². The van der Waals surface area contributed by atoms with Crippen LogP contribution in [0.15, 0.2) is 18.2 Å². The van der Waals surface area contributed by atoms with Crippen LogP contribution in [-0.4, -0.2) is 56.5 Å². The Hall–Kier alpha value is -1.66. The lowest BCUT2D eigenvalue weighted by atomic mass is 10.2. The van der Waals surface area contributed by atoms with Gasteiger partial charge in [-0.25, -0.2) is 4.39 Å². The summed E-state index contributed by atoms with van der Waals surface area (Å²) < 4.78 is 12.9. The lowest BCUT2D eigenvalue weighted by Gasteiger charge is -2.19. The Morgan fingerprint density at radius 2 is 1.95 bits per heavy atom. The predicted molar refractivity (Wildman–Crippen MR) is 84.7 cm³/mol. The van der Waals surface area contributed by atoms with Crippen molar-refractivity contribution in [3.8, 4) is 0 Å². The number of rotatable bonds is 8. The molecular formula is C15H25FN4O. The topological polar surface area (TPSA) is 61.6 Å². The predicted octanol–water partition coefficient (Wildman–Crippen LogP) is 1.62. The number of anilines is 2. The highest BCUT2D eigenvalue weighted by Gasteiger charge is 2.07. The van der Waals surface area contributed by atoms with Crippen LogP contribution in [0, 0.1) is 5.82 Å². The summed E-state index contributed by atoms with van der Waals surface area (Å²) in [4.78, 5) is 16.1. The number of halogens is 1. The molecular weight excluding hydrogens is 271 g/mol. The molecule has 1 amide bonds. The largest absolute Gasteiger partial charge is 0.397 e. The van der Waals surface area contributed by atoms with Gasteiger partial charge >= 0.3 is 0 Å². The minimum absolute atomic E-state index is 0.102. The van der Waals surface area contributed by atoms with Gasteiger partial charge in [-0.3, -0.25) is 4.79 Å². The molecule has 21 heavy (non-hydrogen) atoms. The fourth-order valence-corrected chi connectivity index (χ4v) is 1.85. The molecule has 0 radical (unpaired) electrons. The standard InChI is InChI=1S/C15H25FN4O/c1-19(2)9-10-20(3)8-4-5-15(21)18-14-7-6-12(16)11-13(14)17/h6-7,11H,4-5,8-10,17H2,1-3H3,(H,18,21). The molecule has 118 valence electrons. The van der Waals surface area contributed by atoms with E-state index in [2.05, 4.69) is 15.1 Å². The van der Waals surface area contributed by atoms with Crippen LogP contribution in [0.25, 0.3) is 0 Å². The van der Waals surface area contributed by atoms with Gasteiger partial charge in [-0.15, -0.1) is 0 Å². The number of hydrogen-bond acceptors (Lipinski definition) is 4. The summed E-state index contributed by atoms with van der Waals surface area (Å²) >= 11 is 0. The third-order valence-corrected chi connectivity index (χ3v) is 3.16. The minimum Gasteiger partial charge on any atom is -0.397 e. The Bertz CT molecular complexity index is 465. The smallest absolute Gasteiger partial charge is 0.224 e. The van der Waals surface area contributed by atoms with Crippen molar-refractivity contribution in [1.82, 2.24) is 9.80 Å². The molecule has 3 N–H and O–H groups in total. The third kappa shape index (κ3) is 7.06. The molecule has 0 unspecified atom stereocenters. The number of amides is 1. The van der Waals surface area contributed by atoms with E-state index in [4.69, 9.17) is 5.73 Å². The van der Waals surface area contributed by atoms with E-state index in [1.165, 1.54) is 18.2 Å². The highest BCUT2D eigenvalue weighted by Crippen LogP contribution is 2.19. The number of nitrogens with two attached hydrogens (primary N) is 1. The zero-order valence-corrected chi connectivity index (χ0v) is 13.0. The van der Waals surface area contributed by atoms with Crippen LogP contribution in [-0.2, 0) is 4.79 Å². The van der Waals surface area contributed by atoms with Crippen LogP contribution in [0.1, 0.15) is 12.8 Å². The zero-order chi connectivity index (χ0) is 15.8. The maximum absolute atomic E-state index is 12.9. The van der Waals surface area contributed by atoms with E-state index in [9.17, 15) is 9.18 Å². The minimum atomic E-state index is -0.409. The van der Waals surface area contributed by atoms with Gasteiger partial charge in [-0.05, 0) is 52.3 Å². The summed E-state index contributed by atoms with van der Waals surface area (Å²) in [5, 5.41) is 2.70. The second-order valence-electron chi connectivity index (χ2n) is 5.49. The van der Waals surface area contributed by atoms with Gasteiger partial charge in [0.1, 0.15) is 5.82 Å². The first-order valence-electron chi connectivity index (χ1n) is 7.06. The Kier molecular flexibility index (Phi) is 7.11. The van der Waals surface area contributed by atoms with Gasteiger partial charge in [0.15, 0.2) is 0 Å². The van der Waals surface area contributed by atoms with Gasteiger partial charge in [-0.2, -0.15) is 0 Å². The summed E-state index contributed by atoms with van der Waals surface area (Å²) in [6, 6.07) is 3.96. The van der Waals surface area contributed by atoms with E-state index in [1.54, 1.807) is 0 Å². The van der Waals surface area contributed by atoms with E-state index in [-0.39, 0.29) is 11.6 Å². The molecule has 0 heterocycles. The maximum atomic E-state index is 12.9. The lowest BCUT2D eigenvalue weighted by Crippen LogP contribution is -2.29. The molecule has 0 spiro atoms. The molecule has 1 rings (SSSR count). The number of nitrogen functional groups attached to an aromatic ring is 1. The fraction of sp³-hybridized carbons (Fsp3) is 0.533. The van der Waals surface area contributed by atoms with Gasteiger partial charge in [0, 0.05) is 19.5 Å². The van der Waals surface area contributed by atoms with Crippen molar-refractivity contribution in [3.05, 3.63) is 24.0 Å². The Labute approximate surface area is 125 Å². The van der Waals surface area contributed by atoms with Gasteiger partial charge < -0.3 is 20.9 Å². The van der Waals surface area contributed by atoms with Crippen LogP contribution < -0.4 is 11.1 Å². The number of likely N-dealkylation sites (N-methyl/N-ethyl adjacent to an activating group) is 2. The fourth-order valence-electron chi connectivity index (χ4n) is 1.85. The number of hydrogen-bond donors (Lipinski definition) is 2. The van der Waals surface area contributed by atoms with Crippen molar-refractivity contribution in [2.24, 2.45) is 0 Å². The van der Waals surface area contributed by atoms with E-state index in [0.29, 0.717) is 12.1 Å². The number of carbonyl (C=O) groups excluding carboxylic acids is 1. The van der Waals surface area contributed by atoms with Crippen LogP contribution in [0.2, 0.25) is 0 Å². The van der Waals surface area contributed by atoms with Gasteiger partial charge in [0.05, 0.1) is 11.4 Å². The molecule has 1 aromatic carbocycles. The first-order chi connectivity index (χ1) is 9.88. The van der Waals surface area contributed by atoms with Crippen LogP contribution in [0.3, 0.4) is 0 Å². The van der Waals surface area contributed by atoms with E-state index < -0.39 is 5.82 Å². The molecule has 0 bridgehead atoms. The Morgan fingerprint density at radius 3 is 2.57 bits per heavy atom. The quantitative estimate of drug-likeness (QED) is 0.716. The summed E-state index contributed by atoms with van der Waals surface area (Å²) in [5.41, 5.74) is 6.35. The highest BCUT2D eigenvalue weighted by molar-refractivity contribution is 5.93. The summed E-state index contributed by atoms with van der Waals surface area (Å²) in [6.45, 7) is 2.83. The van der Waals surface area contributed by atoms with Crippen LogP contribution in [0.5, 0.6) is 0 Å². The van der Waals surface area contributed by atoms with E-state index >= 15 is 0 Å². The average Bonchev–Trinajstić information content (AvgIpc) is 2.39. The van der Waals surface area contributed by atoms with Gasteiger partial charge in [-0.1, -0.05) is 0 Å². The van der Waals surface area contributed by atoms with Crippen molar-refractivity contribution in [3.63, 3.8) is 0 Å². The zero-order valence-electron chi connectivity index (χ0n) is 13.0. The Balaban J connectivity index is 2.28. The molecule has 0 aromatic heterocycles. The average molecular weight is 296 g/mol. The van der Waals surface area contributed by atoms with Crippen LogP contribution >= 0.6 is 0 Å². The molecule has 1 aromatic rings. The molecule has 6 heteroatoms. The van der Waals surface area contributed by atoms with E-state index in [0.717, 1.165) is 26.1 Å². The SMILES string of the molecule is CN(C)CCN(C)CCCC(=O)Nc1ccc(F)cc1N. The van der Waals surface area contributed by atoms with Crippen molar-refractivity contribution >= 4 is 17.3 Å². The van der Waals surface area contributed by atoms with Gasteiger partial charge in [0.25, 0.3) is 0 Å². The van der Waals surface area contributed by atoms with Crippen molar-refractivity contribution in [2.45, 2.75) is 12.8 Å². The third-order valence-electron chi connectivity index (χ3n) is 3.16. The number of nitrogens with zero attached hydrogens (tertiary/aromatic N) is 2.